The van der Waals surface area contributed by atoms with Crippen molar-refractivity contribution < 1.29 is 4.79 Å². The van der Waals surface area contributed by atoms with Gasteiger partial charge in [-0.25, -0.2) is 4.40 Å². The van der Waals surface area contributed by atoms with Crippen molar-refractivity contribution in [3.63, 3.8) is 0 Å². The van der Waals surface area contributed by atoms with Crippen LogP contribution in [0.15, 0.2) is 39.8 Å². The summed E-state index contributed by atoms with van der Waals surface area (Å²) in [4.78, 5) is 27.9. The van der Waals surface area contributed by atoms with E-state index in [0.29, 0.717) is 21.6 Å². The maximum atomic E-state index is 12.2. The molecule has 0 atom stereocenters. The minimum atomic E-state index is -0.404. The number of allylic oxidation sites excluding steroid dienone is 5. The van der Waals surface area contributed by atoms with E-state index in [9.17, 15) is 9.59 Å². The third-order valence-corrected chi connectivity index (χ3v) is 4.84. The highest BCUT2D eigenvalue weighted by Crippen LogP contribution is 2.27. The van der Waals surface area contributed by atoms with Gasteiger partial charge in [0.2, 0.25) is 4.96 Å². The second-order valence-electron chi connectivity index (χ2n) is 5.18. The average Bonchev–Trinajstić information content (AvgIpc) is 2.87. The van der Waals surface area contributed by atoms with E-state index in [1.54, 1.807) is 34.4 Å². The van der Waals surface area contributed by atoms with Gasteiger partial charge in [-0.05, 0) is 23.8 Å². The van der Waals surface area contributed by atoms with Gasteiger partial charge in [-0.15, -0.1) is 0 Å². The number of carbonyl (C=O) groups is 1. The molecule has 2 N–H and O–H groups in total. The Hall–Kier alpha value is -2.19. The third kappa shape index (κ3) is 3.13. The molecular weight excluding hydrogens is 332 g/mol. The van der Waals surface area contributed by atoms with Crippen LogP contribution in [0.4, 0.5) is 5.82 Å². The lowest BCUT2D eigenvalue weighted by Gasteiger charge is -2.08. The van der Waals surface area contributed by atoms with Gasteiger partial charge in [-0.1, -0.05) is 37.8 Å². The molecule has 23 heavy (non-hydrogen) atoms. The molecule has 0 aromatic carbocycles. The Balaban J connectivity index is 2.16. The molecule has 1 aliphatic rings. The van der Waals surface area contributed by atoms with Crippen LogP contribution >= 0.6 is 23.3 Å². The van der Waals surface area contributed by atoms with Crippen molar-refractivity contribution in [2.75, 3.05) is 5.73 Å². The maximum Gasteiger partial charge on any atom is 0.283 e. The second kappa shape index (κ2) is 6.13. The molecule has 1 aliphatic carbocycles. The number of rotatable bonds is 3. The molecule has 0 aliphatic heterocycles. The van der Waals surface area contributed by atoms with Gasteiger partial charge in [0, 0.05) is 16.8 Å². The summed E-state index contributed by atoms with van der Waals surface area (Å²) in [5.74, 6) is 0.223. The Morgan fingerprint density at radius 1 is 1.26 bits per heavy atom. The number of nitrogen functional groups attached to an aromatic ring is 1. The number of nitrogens with zero attached hydrogens (tertiary/aromatic N) is 3. The number of aromatic nitrogens is 3. The highest BCUT2D eigenvalue weighted by Gasteiger charge is 2.16. The zero-order chi connectivity index (χ0) is 16.6. The summed E-state index contributed by atoms with van der Waals surface area (Å²) in [5, 5.41) is 1.05. The number of hydrogen-bond acceptors (Lipinski definition) is 7. The molecule has 0 spiro atoms. The van der Waals surface area contributed by atoms with E-state index in [0.717, 1.165) is 22.3 Å². The molecule has 0 radical (unpaired) electrons. The molecule has 0 saturated heterocycles. The van der Waals surface area contributed by atoms with Crippen LogP contribution < -0.4 is 11.3 Å². The lowest BCUT2D eigenvalue weighted by atomic mass is 10.1. The minimum absolute atomic E-state index is 0.0851. The normalized spacial score (nSPS) is 14.2. The largest absolute Gasteiger partial charge is 0.384 e. The van der Waals surface area contributed by atoms with Crippen molar-refractivity contribution in [3.05, 3.63) is 45.8 Å². The first-order chi connectivity index (χ1) is 11.0. The van der Waals surface area contributed by atoms with Crippen LogP contribution in [-0.2, 0) is 4.79 Å². The van der Waals surface area contributed by atoms with E-state index in [1.165, 1.54) is 12.2 Å². The number of thioether (sulfide) groups is 1. The molecule has 0 bridgehead atoms. The summed E-state index contributed by atoms with van der Waals surface area (Å²) in [6.45, 7) is 4.11. The van der Waals surface area contributed by atoms with Gasteiger partial charge < -0.3 is 5.73 Å². The summed E-state index contributed by atoms with van der Waals surface area (Å²) in [7, 11) is 0. The lowest BCUT2D eigenvalue weighted by Crippen LogP contribution is -2.16. The number of nitrogens with two attached hydrogens (primary N) is 1. The van der Waals surface area contributed by atoms with Crippen LogP contribution in [0.5, 0.6) is 0 Å². The Bertz CT molecular complexity index is 917. The Kier molecular flexibility index (Phi) is 4.18. The first-order valence-corrected chi connectivity index (χ1v) is 8.57. The van der Waals surface area contributed by atoms with Crippen molar-refractivity contribution in [3.8, 4) is 0 Å². The lowest BCUT2D eigenvalue weighted by molar-refractivity contribution is -0.110. The average molecular weight is 346 g/mol. The molecule has 6 nitrogen and oxygen atoms in total. The summed E-state index contributed by atoms with van der Waals surface area (Å²) in [6, 6.07) is 0. The number of ketones is 1. The van der Waals surface area contributed by atoms with Crippen molar-refractivity contribution >= 4 is 45.9 Å². The smallest absolute Gasteiger partial charge is 0.283 e. The summed E-state index contributed by atoms with van der Waals surface area (Å²) < 4.78 is 6.03. The first-order valence-electron chi connectivity index (χ1n) is 6.92. The van der Waals surface area contributed by atoms with Gasteiger partial charge in [0.25, 0.3) is 5.56 Å². The Labute approximate surface area is 140 Å². The van der Waals surface area contributed by atoms with E-state index >= 15 is 0 Å². The fraction of sp³-hybridized carbons (Fsp3) is 0.200. The first kappa shape index (κ1) is 15.7. The van der Waals surface area contributed by atoms with Gasteiger partial charge in [0.1, 0.15) is 5.82 Å². The fourth-order valence-electron chi connectivity index (χ4n) is 2.05. The van der Waals surface area contributed by atoms with Crippen LogP contribution in [0.3, 0.4) is 0 Å². The van der Waals surface area contributed by atoms with Gasteiger partial charge in [-0.3, -0.25) is 9.59 Å². The molecule has 0 unspecified atom stereocenters. The minimum Gasteiger partial charge on any atom is -0.384 e. The molecule has 0 saturated carbocycles. The van der Waals surface area contributed by atoms with Crippen molar-refractivity contribution in [2.24, 2.45) is 0 Å². The van der Waals surface area contributed by atoms with E-state index < -0.39 is 5.56 Å². The molecule has 2 aromatic rings. The Morgan fingerprint density at radius 2 is 1.96 bits per heavy atom. The topological polar surface area (TPSA) is 90.3 Å². The molecule has 8 heteroatoms. The van der Waals surface area contributed by atoms with E-state index in [1.807, 2.05) is 0 Å². The van der Waals surface area contributed by atoms with Crippen molar-refractivity contribution in [2.45, 2.75) is 24.3 Å². The zero-order valence-corrected chi connectivity index (χ0v) is 14.1. The molecule has 2 aromatic heterocycles. The van der Waals surface area contributed by atoms with Crippen molar-refractivity contribution in [1.82, 2.24) is 13.8 Å². The Morgan fingerprint density at radius 3 is 2.61 bits per heavy atom. The van der Waals surface area contributed by atoms with Crippen LogP contribution in [0.1, 0.15) is 19.4 Å². The molecule has 0 amide bonds. The summed E-state index contributed by atoms with van der Waals surface area (Å²) in [6.07, 6.45) is 7.81. The standard InChI is InChI=1S/C15H14N4O2S2/c1-8(2)22-15-18-23-14-17-13(21)11(12(16)19(14)15)7-9-3-5-10(20)6-4-9/h3-8H,16H2,1-2H3. The van der Waals surface area contributed by atoms with Crippen LogP contribution in [-0.4, -0.2) is 24.8 Å². The number of fused-ring (bicyclic) bond motifs is 1. The van der Waals surface area contributed by atoms with E-state index in [2.05, 4.69) is 23.2 Å². The van der Waals surface area contributed by atoms with Gasteiger partial charge >= 0.3 is 0 Å². The second-order valence-corrected chi connectivity index (χ2v) is 7.45. The maximum absolute atomic E-state index is 12.2. The highest BCUT2D eigenvalue weighted by atomic mass is 32.2. The van der Waals surface area contributed by atoms with Crippen molar-refractivity contribution in [1.29, 1.82) is 0 Å². The SMILES string of the molecule is CC(C)Sc1nsc2nc(=O)c(C=C3C=CC(=O)C=C3)c(N)n12. The predicted molar refractivity (Wildman–Crippen MR) is 93.8 cm³/mol. The molecule has 0 fully saturated rings. The number of hydrogen-bond donors (Lipinski definition) is 1. The van der Waals surface area contributed by atoms with E-state index in [-0.39, 0.29) is 5.78 Å². The number of anilines is 1. The summed E-state index contributed by atoms with van der Waals surface area (Å²) in [5.41, 5.74) is 6.81. The van der Waals surface area contributed by atoms with Gasteiger partial charge in [0.05, 0.1) is 5.56 Å². The quantitative estimate of drug-likeness (QED) is 0.858. The van der Waals surface area contributed by atoms with Crippen LogP contribution in [0.25, 0.3) is 11.0 Å². The molecule has 118 valence electrons. The number of carbonyl (C=O) groups excluding carboxylic acids is 1. The van der Waals surface area contributed by atoms with Crippen LogP contribution in [0.2, 0.25) is 0 Å². The van der Waals surface area contributed by atoms with Gasteiger partial charge in [0.15, 0.2) is 10.9 Å². The molecule has 3 rings (SSSR count). The third-order valence-electron chi connectivity index (χ3n) is 3.06. The zero-order valence-electron chi connectivity index (χ0n) is 12.5. The molecular formula is C15H14N4O2S2. The van der Waals surface area contributed by atoms with E-state index in [4.69, 9.17) is 5.73 Å². The monoisotopic (exact) mass is 346 g/mol. The van der Waals surface area contributed by atoms with Gasteiger partial charge in [-0.2, -0.15) is 9.36 Å². The van der Waals surface area contributed by atoms with Crippen LogP contribution in [0, 0.1) is 0 Å². The fourth-order valence-corrected chi connectivity index (χ4v) is 3.73. The predicted octanol–water partition coefficient (Wildman–Crippen LogP) is 2.31. The molecule has 2 heterocycles. The highest BCUT2D eigenvalue weighted by molar-refractivity contribution is 7.99. The summed E-state index contributed by atoms with van der Waals surface area (Å²) >= 11 is 2.70.